The molecule has 2 aromatic rings. The third-order valence-corrected chi connectivity index (χ3v) is 5.01. The summed E-state index contributed by atoms with van der Waals surface area (Å²) in [6.45, 7) is 1.41. The van der Waals surface area contributed by atoms with Gasteiger partial charge in [0.2, 0.25) is 0 Å². The van der Waals surface area contributed by atoms with Crippen LogP contribution in [0.3, 0.4) is 0 Å². The lowest BCUT2D eigenvalue weighted by molar-refractivity contribution is -0.384. The molecule has 2 amide bonds. The van der Waals surface area contributed by atoms with E-state index in [0.717, 1.165) is 16.7 Å². The van der Waals surface area contributed by atoms with Gasteiger partial charge in [-0.1, -0.05) is 6.07 Å². The first kappa shape index (κ1) is 19.4. The van der Waals surface area contributed by atoms with E-state index >= 15 is 0 Å². The SMILES string of the molecule is COC(=O)C(C)N1C(=O)SC(=Cc2cccn2-c2cccc([N+](=O)[O-])c2)C1=O. The first-order valence-corrected chi connectivity index (χ1v) is 8.92. The van der Waals surface area contributed by atoms with Gasteiger partial charge in [0.25, 0.3) is 16.8 Å². The smallest absolute Gasteiger partial charge is 0.328 e. The molecule has 10 heteroatoms. The number of benzene rings is 1. The van der Waals surface area contributed by atoms with Crippen molar-refractivity contribution in [2.24, 2.45) is 0 Å². The highest BCUT2D eigenvalue weighted by Crippen LogP contribution is 2.34. The molecule has 1 saturated heterocycles. The standard InChI is InChI=1S/C18H15N3O6S/c1-11(17(23)27-2)20-16(22)15(28-18(20)24)10-13-7-4-8-19(13)12-5-3-6-14(9-12)21(25)26/h3-11H,1-2H3. The van der Waals surface area contributed by atoms with Crippen molar-refractivity contribution in [2.45, 2.75) is 13.0 Å². The number of nitrogens with zero attached hydrogens (tertiary/aromatic N) is 3. The minimum atomic E-state index is -1.04. The van der Waals surface area contributed by atoms with Crippen LogP contribution in [-0.2, 0) is 14.3 Å². The van der Waals surface area contributed by atoms with E-state index in [1.54, 1.807) is 35.0 Å². The first-order chi connectivity index (χ1) is 13.3. The van der Waals surface area contributed by atoms with Crippen molar-refractivity contribution in [2.75, 3.05) is 7.11 Å². The van der Waals surface area contributed by atoms with Crippen molar-refractivity contribution >= 4 is 40.6 Å². The summed E-state index contributed by atoms with van der Waals surface area (Å²) in [6, 6.07) is 8.42. The number of imide groups is 1. The molecule has 28 heavy (non-hydrogen) atoms. The van der Waals surface area contributed by atoms with Gasteiger partial charge in [0.1, 0.15) is 6.04 Å². The summed E-state index contributed by atoms with van der Waals surface area (Å²) in [5.74, 6) is -1.29. The van der Waals surface area contributed by atoms with Crippen molar-refractivity contribution in [3.8, 4) is 5.69 Å². The second-order valence-electron chi connectivity index (χ2n) is 5.83. The number of esters is 1. The lowest BCUT2D eigenvalue weighted by atomic mass is 10.2. The molecular weight excluding hydrogens is 386 g/mol. The number of carbonyl (C=O) groups is 3. The number of carbonyl (C=O) groups excluding carboxylic acids is 3. The van der Waals surface area contributed by atoms with E-state index in [4.69, 9.17) is 0 Å². The molecule has 0 N–H and O–H groups in total. The number of thioether (sulfide) groups is 1. The van der Waals surface area contributed by atoms with Gasteiger partial charge in [-0.2, -0.15) is 0 Å². The van der Waals surface area contributed by atoms with Crippen LogP contribution in [0.1, 0.15) is 12.6 Å². The molecule has 1 atom stereocenters. The average Bonchev–Trinajstić information content (AvgIpc) is 3.25. The van der Waals surface area contributed by atoms with Crippen LogP contribution in [0.15, 0.2) is 47.5 Å². The third kappa shape index (κ3) is 3.54. The maximum Gasteiger partial charge on any atom is 0.328 e. The number of methoxy groups -OCH3 is 1. The van der Waals surface area contributed by atoms with E-state index in [9.17, 15) is 24.5 Å². The monoisotopic (exact) mass is 401 g/mol. The maximum absolute atomic E-state index is 12.6. The molecular formula is C18H15N3O6S. The lowest BCUT2D eigenvalue weighted by Crippen LogP contribution is -2.42. The van der Waals surface area contributed by atoms with Crippen LogP contribution in [0, 0.1) is 10.1 Å². The minimum Gasteiger partial charge on any atom is -0.467 e. The number of hydrogen-bond acceptors (Lipinski definition) is 7. The van der Waals surface area contributed by atoms with E-state index in [1.807, 2.05) is 0 Å². The first-order valence-electron chi connectivity index (χ1n) is 8.10. The Kier molecular flexibility index (Phi) is 5.32. The Bertz CT molecular complexity index is 1010. The average molecular weight is 401 g/mol. The zero-order valence-corrected chi connectivity index (χ0v) is 15.7. The van der Waals surface area contributed by atoms with Crippen LogP contribution in [0.25, 0.3) is 11.8 Å². The van der Waals surface area contributed by atoms with Crippen LogP contribution < -0.4 is 0 Å². The second kappa shape index (κ2) is 7.69. The van der Waals surface area contributed by atoms with Gasteiger partial charge in [0, 0.05) is 24.0 Å². The van der Waals surface area contributed by atoms with Crippen LogP contribution in [-0.4, -0.2) is 44.7 Å². The fraction of sp³-hybridized carbons (Fsp3) is 0.167. The van der Waals surface area contributed by atoms with Gasteiger partial charge >= 0.3 is 5.97 Å². The highest BCUT2D eigenvalue weighted by Gasteiger charge is 2.41. The molecule has 9 nitrogen and oxygen atoms in total. The molecule has 144 valence electrons. The molecule has 1 aromatic carbocycles. The number of aromatic nitrogens is 1. The molecule has 1 unspecified atom stereocenters. The van der Waals surface area contributed by atoms with Gasteiger partial charge in [-0.05, 0) is 43.0 Å². The summed E-state index contributed by atoms with van der Waals surface area (Å²) < 4.78 is 6.25. The van der Waals surface area contributed by atoms with E-state index < -0.39 is 28.1 Å². The topological polar surface area (TPSA) is 112 Å². The molecule has 0 saturated carbocycles. The summed E-state index contributed by atoms with van der Waals surface area (Å²) >= 11 is 0.717. The highest BCUT2D eigenvalue weighted by atomic mass is 32.2. The fourth-order valence-corrected chi connectivity index (χ4v) is 3.62. The van der Waals surface area contributed by atoms with Crippen molar-refractivity contribution in [3.63, 3.8) is 0 Å². The number of ether oxygens (including phenoxy) is 1. The van der Waals surface area contributed by atoms with E-state index in [2.05, 4.69) is 4.74 Å². The van der Waals surface area contributed by atoms with Crippen molar-refractivity contribution in [1.82, 2.24) is 9.47 Å². The summed E-state index contributed by atoms with van der Waals surface area (Å²) in [6.07, 6.45) is 3.19. The lowest BCUT2D eigenvalue weighted by Gasteiger charge is -2.18. The van der Waals surface area contributed by atoms with E-state index in [-0.39, 0.29) is 10.6 Å². The number of nitro benzene ring substituents is 1. The third-order valence-electron chi connectivity index (χ3n) is 4.13. The maximum atomic E-state index is 12.6. The normalized spacial score (nSPS) is 16.5. The molecule has 1 aromatic heterocycles. The van der Waals surface area contributed by atoms with Gasteiger partial charge in [-0.3, -0.25) is 24.6 Å². The summed E-state index contributed by atoms with van der Waals surface area (Å²) in [5, 5.41) is 10.4. The second-order valence-corrected chi connectivity index (χ2v) is 6.82. The molecule has 1 fully saturated rings. The van der Waals surface area contributed by atoms with Gasteiger partial charge < -0.3 is 9.30 Å². The summed E-state index contributed by atoms with van der Waals surface area (Å²) in [4.78, 5) is 48.0. The fourth-order valence-electron chi connectivity index (χ4n) is 2.73. The minimum absolute atomic E-state index is 0.0654. The zero-order valence-electron chi connectivity index (χ0n) is 14.9. The van der Waals surface area contributed by atoms with Crippen molar-refractivity contribution in [3.05, 3.63) is 63.3 Å². The predicted molar refractivity (Wildman–Crippen MR) is 102 cm³/mol. The van der Waals surface area contributed by atoms with E-state index in [1.165, 1.54) is 32.2 Å². The molecule has 2 heterocycles. The zero-order chi connectivity index (χ0) is 20.4. The summed E-state index contributed by atoms with van der Waals surface area (Å²) in [5.41, 5.74) is 1.02. The quantitative estimate of drug-likeness (QED) is 0.328. The highest BCUT2D eigenvalue weighted by molar-refractivity contribution is 8.18. The van der Waals surface area contributed by atoms with E-state index in [0.29, 0.717) is 11.4 Å². The molecule has 0 bridgehead atoms. The van der Waals surface area contributed by atoms with Crippen LogP contribution in [0.5, 0.6) is 0 Å². The predicted octanol–water partition coefficient (Wildman–Crippen LogP) is 2.98. The number of hydrogen-bond donors (Lipinski definition) is 0. The number of amides is 2. The Morgan fingerprint density at radius 2 is 2.04 bits per heavy atom. The Morgan fingerprint density at radius 1 is 1.29 bits per heavy atom. The number of nitro groups is 1. The van der Waals surface area contributed by atoms with Crippen LogP contribution >= 0.6 is 11.8 Å². The largest absolute Gasteiger partial charge is 0.467 e. The van der Waals surface area contributed by atoms with Gasteiger partial charge in [0.15, 0.2) is 0 Å². The van der Waals surface area contributed by atoms with Gasteiger partial charge in [-0.15, -0.1) is 0 Å². The summed E-state index contributed by atoms with van der Waals surface area (Å²) in [7, 11) is 1.18. The van der Waals surface area contributed by atoms with Crippen molar-refractivity contribution < 1.29 is 24.0 Å². The van der Waals surface area contributed by atoms with Crippen LogP contribution in [0.4, 0.5) is 10.5 Å². The Hall–Kier alpha value is -3.40. The van der Waals surface area contributed by atoms with Crippen molar-refractivity contribution in [1.29, 1.82) is 0 Å². The Balaban J connectivity index is 1.94. The Labute approximate surface area is 163 Å². The van der Waals surface area contributed by atoms with Crippen LogP contribution in [0.2, 0.25) is 0 Å². The van der Waals surface area contributed by atoms with Gasteiger partial charge in [-0.25, -0.2) is 4.79 Å². The molecule has 0 spiro atoms. The van der Waals surface area contributed by atoms with Gasteiger partial charge in [0.05, 0.1) is 22.6 Å². The molecule has 1 aliphatic heterocycles. The molecule has 1 aliphatic rings. The molecule has 0 aliphatic carbocycles. The Morgan fingerprint density at radius 3 is 2.71 bits per heavy atom. The molecule has 3 rings (SSSR count). The number of non-ortho nitro benzene ring substituents is 1. The molecule has 0 radical (unpaired) electrons. The number of rotatable bonds is 5.